The molecule has 28 heavy (non-hydrogen) atoms. The summed E-state index contributed by atoms with van der Waals surface area (Å²) in [6, 6.07) is 10.5. The Morgan fingerprint density at radius 2 is 1.93 bits per heavy atom. The van der Waals surface area contributed by atoms with Crippen molar-refractivity contribution >= 4 is 45.0 Å². The SMILES string of the molecule is CC(Oc1ccccc1[N+](=O)[O-])C(=O)NNC(=O)COc1ccc(Br)cc1Cl. The molecule has 11 heteroatoms. The third-order valence-corrected chi connectivity index (χ3v) is 4.10. The number of hydrazine groups is 1. The van der Waals surface area contributed by atoms with Gasteiger partial charge in [-0.05, 0) is 31.2 Å². The van der Waals surface area contributed by atoms with E-state index in [-0.39, 0.29) is 18.0 Å². The van der Waals surface area contributed by atoms with E-state index in [1.807, 2.05) is 0 Å². The van der Waals surface area contributed by atoms with Crippen LogP contribution in [0, 0.1) is 10.1 Å². The van der Waals surface area contributed by atoms with Gasteiger partial charge in [-0.3, -0.25) is 30.6 Å². The Bertz CT molecular complexity index is 895. The minimum absolute atomic E-state index is 0.0605. The van der Waals surface area contributed by atoms with Crippen LogP contribution >= 0.6 is 27.5 Å². The summed E-state index contributed by atoms with van der Waals surface area (Å²) in [6.45, 7) is 0.997. The number of hydrogen-bond acceptors (Lipinski definition) is 6. The highest BCUT2D eigenvalue weighted by Gasteiger charge is 2.21. The molecule has 2 N–H and O–H groups in total. The monoisotopic (exact) mass is 471 g/mol. The summed E-state index contributed by atoms with van der Waals surface area (Å²) < 4.78 is 11.3. The van der Waals surface area contributed by atoms with Gasteiger partial charge in [0.05, 0.1) is 9.95 Å². The fourth-order valence-electron chi connectivity index (χ4n) is 1.96. The van der Waals surface area contributed by atoms with Crippen LogP contribution in [0.3, 0.4) is 0 Å². The summed E-state index contributed by atoms with van der Waals surface area (Å²) in [5.41, 5.74) is 4.04. The first-order chi connectivity index (χ1) is 13.3. The predicted octanol–water partition coefficient (Wildman–Crippen LogP) is 3.00. The fourth-order valence-corrected chi connectivity index (χ4v) is 2.68. The number of amides is 2. The molecule has 0 radical (unpaired) electrons. The number of nitrogens with zero attached hydrogens (tertiary/aromatic N) is 1. The van der Waals surface area contributed by atoms with E-state index in [9.17, 15) is 19.7 Å². The van der Waals surface area contributed by atoms with Gasteiger partial charge in [0.1, 0.15) is 5.75 Å². The topological polar surface area (TPSA) is 120 Å². The Kier molecular flexibility index (Phi) is 7.59. The van der Waals surface area contributed by atoms with Gasteiger partial charge in [-0.25, -0.2) is 0 Å². The molecule has 9 nitrogen and oxygen atoms in total. The second-order valence-electron chi connectivity index (χ2n) is 5.39. The molecule has 0 aliphatic rings. The number of rotatable bonds is 7. The van der Waals surface area contributed by atoms with Gasteiger partial charge >= 0.3 is 5.69 Å². The summed E-state index contributed by atoms with van der Waals surface area (Å²) in [4.78, 5) is 34.1. The molecule has 0 heterocycles. The van der Waals surface area contributed by atoms with Crippen molar-refractivity contribution in [2.45, 2.75) is 13.0 Å². The molecule has 0 aliphatic carbocycles. The van der Waals surface area contributed by atoms with Crippen molar-refractivity contribution in [2.24, 2.45) is 0 Å². The highest BCUT2D eigenvalue weighted by atomic mass is 79.9. The normalized spacial score (nSPS) is 11.2. The van der Waals surface area contributed by atoms with Crippen molar-refractivity contribution < 1.29 is 24.0 Å². The molecule has 0 bridgehead atoms. The average Bonchev–Trinajstić information content (AvgIpc) is 2.65. The zero-order chi connectivity index (χ0) is 20.7. The lowest BCUT2D eigenvalue weighted by atomic mass is 10.3. The summed E-state index contributed by atoms with van der Waals surface area (Å²) in [6.07, 6.45) is -1.09. The summed E-state index contributed by atoms with van der Waals surface area (Å²) >= 11 is 9.22. The van der Waals surface area contributed by atoms with E-state index < -0.39 is 22.8 Å². The van der Waals surface area contributed by atoms with Gasteiger partial charge in [-0.15, -0.1) is 0 Å². The Hall–Kier alpha value is -2.85. The zero-order valence-corrected chi connectivity index (χ0v) is 16.8. The summed E-state index contributed by atoms with van der Waals surface area (Å²) in [5, 5.41) is 11.3. The Morgan fingerprint density at radius 3 is 2.61 bits per heavy atom. The van der Waals surface area contributed by atoms with Crippen molar-refractivity contribution in [3.8, 4) is 11.5 Å². The Labute approximate surface area is 173 Å². The number of para-hydroxylation sites is 2. The molecule has 148 valence electrons. The molecule has 1 atom stereocenters. The molecule has 0 fully saturated rings. The number of nitro groups is 1. The van der Waals surface area contributed by atoms with Crippen LogP contribution in [-0.4, -0.2) is 29.4 Å². The van der Waals surface area contributed by atoms with E-state index in [4.69, 9.17) is 21.1 Å². The molecule has 2 aromatic carbocycles. The number of benzene rings is 2. The van der Waals surface area contributed by atoms with Crippen molar-refractivity contribution in [3.05, 3.63) is 62.1 Å². The van der Waals surface area contributed by atoms with Crippen molar-refractivity contribution in [2.75, 3.05) is 6.61 Å². The maximum Gasteiger partial charge on any atom is 0.310 e. The van der Waals surface area contributed by atoms with Gasteiger partial charge in [-0.1, -0.05) is 39.7 Å². The first kappa shape index (κ1) is 21.5. The molecular formula is C17H15BrClN3O6. The zero-order valence-electron chi connectivity index (χ0n) is 14.5. The molecule has 0 aromatic heterocycles. The van der Waals surface area contributed by atoms with Gasteiger partial charge in [0.15, 0.2) is 18.5 Å². The number of nitrogens with one attached hydrogen (secondary N) is 2. The van der Waals surface area contributed by atoms with Gasteiger partial charge in [0.25, 0.3) is 11.8 Å². The van der Waals surface area contributed by atoms with E-state index in [0.29, 0.717) is 10.8 Å². The van der Waals surface area contributed by atoms with Gasteiger partial charge in [-0.2, -0.15) is 0 Å². The lowest BCUT2D eigenvalue weighted by molar-refractivity contribution is -0.386. The summed E-state index contributed by atoms with van der Waals surface area (Å²) in [7, 11) is 0. The maximum atomic E-state index is 12.0. The quantitative estimate of drug-likeness (QED) is 0.472. The largest absolute Gasteiger partial charge is 0.482 e. The van der Waals surface area contributed by atoms with E-state index in [1.54, 1.807) is 24.3 Å². The first-order valence-corrected chi connectivity index (χ1v) is 9.01. The van der Waals surface area contributed by atoms with Crippen LogP contribution in [0.25, 0.3) is 0 Å². The van der Waals surface area contributed by atoms with Crippen molar-refractivity contribution in [3.63, 3.8) is 0 Å². The minimum atomic E-state index is -1.09. The summed E-state index contributed by atoms with van der Waals surface area (Å²) in [5.74, 6) is -1.09. The molecular weight excluding hydrogens is 458 g/mol. The number of ether oxygens (including phenoxy) is 2. The molecule has 0 saturated heterocycles. The third kappa shape index (κ3) is 6.10. The number of carbonyl (C=O) groups is 2. The van der Waals surface area contributed by atoms with E-state index in [1.165, 1.54) is 25.1 Å². The van der Waals surface area contributed by atoms with Crippen molar-refractivity contribution in [1.82, 2.24) is 10.9 Å². The van der Waals surface area contributed by atoms with Crippen LogP contribution in [0.2, 0.25) is 5.02 Å². The standard InChI is InChI=1S/C17H15BrClN3O6/c1-10(28-15-5-3-2-4-13(15)22(25)26)17(24)21-20-16(23)9-27-14-7-6-11(18)8-12(14)19/h2-8,10H,9H2,1H3,(H,20,23)(H,21,24). The van der Waals surface area contributed by atoms with Crippen LogP contribution < -0.4 is 20.3 Å². The van der Waals surface area contributed by atoms with Crippen molar-refractivity contribution in [1.29, 1.82) is 0 Å². The second-order valence-corrected chi connectivity index (χ2v) is 6.71. The van der Waals surface area contributed by atoms with E-state index in [0.717, 1.165) is 4.47 Å². The highest BCUT2D eigenvalue weighted by molar-refractivity contribution is 9.10. The van der Waals surface area contributed by atoms with Crippen LogP contribution in [0.15, 0.2) is 46.9 Å². The molecule has 2 aromatic rings. The number of halogens is 2. The third-order valence-electron chi connectivity index (χ3n) is 3.31. The first-order valence-electron chi connectivity index (χ1n) is 7.84. The predicted molar refractivity (Wildman–Crippen MR) is 104 cm³/mol. The molecule has 1 unspecified atom stereocenters. The fraction of sp³-hybridized carbons (Fsp3) is 0.176. The molecule has 0 saturated carbocycles. The smallest absolute Gasteiger partial charge is 0.310 e. The Morgan fingerprint density at radius 1 is 1.21 bits per heavy atom. The van der Waals surface area contributed by atoms with Gasteiger partial charge in [0, 0.05) is 10.5 Å². The van der Waals surface area contributed by atoms with Crippen LogP contribution in [-0.2, 0) is 9.59 Å². The van der Waals surface area contributed by atoms with E-state index in [2.05, 4.69) is 26.8 Å². The maximum absolute atomic E-state index is 12.0. The number of hydrogen-bond donors (Lipinski definition) is 2. The second kappa shape index (κ2) is 9.90. The highest BCUT2D eigenvalue weighted by Crippen LogP contribution is 2.28. The molecule has 2 rings (SSSR count). The Balaban J connectivity index is 1.82. The average molecular weight is 473 g/mol. The van der Waals surface area contributed by atoms with Crippen LogP contribution in [0.1, 0.15) is 6.92 Å². The number of nitro benzene ring substituents is 1. The van der Waals surface area contributed by atoms with Crippen LogP contribution in [0.4, 0.5) is 5.69 Å². The molecule has 2 amide bonds. The van der Waals surface area contributed by atoms with Crippen LogP contribution in [0.5, 0.6) is 11.5 Å². The number of carbonyl (C=O) groups excluding carboxylic acids is 2. The lowest BCUT2D eigenvalue weighted by Gasteiger charge is -2.15. The van der Waals surface area contributed by atoms with Gasteiger partial charge < -0.3 is 9.47 Å². The minimum Gasteiger partial charge on any atom is -0.482 e. The lowest BCUT2D eigenvalue weighted by Crippen LogP contribution is -2.48. The molecule has 0 spiro atoms. The molecule has 0 aliphatic heterocycles. The van der Waals surface area contributed by atoms with E-state index >= 15 is 0 Å². The van der Waals surface area contributed by atoms with Gasteiger partial charge in [0.2, 0.25) is 0 Å².